The van der Waals surface area contributed by atoms with Crippen LogP contribution in [0, 0.1) is 13.8 Å². The van der Waals surface area contributed by atoms with Gasteiger partial charge in [-0.15, -0.1) is 0 Å². The van der Waals surface area contributed by atoms with Gasteiger partial charge in [-0.05, 0) is 36.6 Å². The van der Waals surface area contributed by atoms with Crippen molar-refractivity contribution >= 4 is 23.2 Å². The SMILES string of the molecule is Cc1cccc(C)c1NC(=O)CC1C(=O)Nc2ccccc21. The first kappa shape index (κ1) is 14.3. The molecule has 4 nitrogen and oxygen atoms in total. The predicted octanol–water partition coefficient (Wildman–Crippen LogP) is 3.37. The van der Waals surface area contributed by atoms with Crippen molar-refractivity contribution < 1.29 is 9.59 Å². The Hall–Kier alpha value is -2.62. The van der Waals surface area contributed by atoms with E-state index in [1.165, 1.54) is 0 Å². The smallest absolute Gasteiger partial charge is 0.232 e. The lowest BCUT2D eigenvalue weighted by Gasteiger charge is -2.13. The third kappa shape index (κ3) is 2.60. The van der Waals surface area contributed by atoms with Crippen molar-refractivity contribution in [1.82, 2.24) is 0 Å². The number of benzene rings is 2. The average molecular weight is 294 g/mol. The van der Waals surface area contributed by atoms with Crippen LogP contribution in [0.5, 0.6) is 0 Å². The molecule has 1 aliphatic heterocycles. The van der Waals surface area contributed by atoms with E-state index < -0.39 is 5.92 Å². The number of fused-ring (bicyclic) bond motifs is 1. The first-order chi connectivity index (χ1) is 10.6. The quantitative estimate of drug-likeness (QED) is 0.912. The Morgan fingerprint density at radius 3 is 2.50 bits per heavy atom. The lowest BCUT2D eigenvalue weighted by molar-refractivity contribution is -0.122. The number of amides is 2. The van der Waals surface area contributed by atoms with Crippen LogP contribution in [-0.2, 0) is 9.59 Å². The fourth-order valence-corrected chi connectivity index (χ4v) is 2.87. The molecule has 2 N–H and O–H groups in total. The van der Waals surface area contributed by atoms with Crippen molar-refractivity contribution in [2.24, 2.45) is 0 Å². The predicted molar refractivity (Wildman–Crippen MR) is 87.0 cm³/mol. The fraction of sp³-hybridized carbons (Fsp3) is 0.222. The summed E-state index contributed by atoms with van der Waals surface area (Å²) in [6, 6.07) is 13.4. The lowest BCUT2D eigenvalue weighted by atomic mass is 9.96. The lowest BCUT2D eigenvalue weighted by Crippen LogP contribution is -2.21. The van der Waals surface area contributed by atoms with E-state index in [1.54, 1.807) is 0 Å². The Balaban J connectivity index is 1.77. The summed E-state index contributed by atoms with van der Waals surface area (Å²) in [5.41, 5.74) is 4.56. The molecule has 0 radical (unpaired) electrons. The van der Waals surface area contributed by atoms with E-state index in [0.717, 1.165) is 28.1 Å². The van der Waals surface area contributed by atoms with Crippen molar-refractivity contribution in [2.45, 2.75) is 26.2 Å². The molecule has 0 aliphatic carbocycles. The maximum absolute atomic E-state index is 12.3. The Bertz CT molecular complexity index is 732. The molecule has 1 heterocycles. The molecule has 0 spiro atoms. The summed E-state index contributed by atoms with van der Waals surface area (Å²) in [6.07, 6.45) is 0.149. The third-order valence-corrected chi connectivity index (χ3v) is 4.05. The molecule has 2 aromatic carbocycles. The van der Waals surface area contributed by atoms with Crippen LogP contribution in [0.25, 0.3) is 0 Å². The number of rotatable bonds is 3. The summed E-state index contributed by atoms with van der Waals surface area (Å²) < 4.78 is 0. The maximum atomic E-state index is 12.3. The number of para-hydroxylation sites is 2. The van der Waals surface area contributed by atoms with Crippen LogP contribution < -0.4 is 10.6 Å². The van der Waals surface area contributed by atoms with E-state index in [2.05, 4.69) is 10.6 Å². The zero-order chi connectivity index (χ0) is 15.7. The van der Waals surface area contributed by atoms with Gasteiger partial charge >= 0.3 is 0 Å². The van der Waals surface area contributed by atoms with Crippen LogP contribution in [0.3, 0.4) is 0 Å². The molecule has 0 bridgehead atoms. The normalized spacial score (nSPS) is 16.1. The molecule has 4 heteroatoms. The van der Waals surface area contributed by atoms with Gasteiger partial charge < -0.3 is 10.6 Å². The molecule has 0 fully saturated rings. The topological polar surface area (TPSA) is 58.2 Å². The summed E-state index contributed by atoms with van der Waals surface area (Å²) in [5, 5.41) is 5.76. The molecule has 1 aliphatic rings. The molecule has 1 unspecified atom stereocenters. The maximum Gasteiger partial charge on any atom is 0.232 e. The highest BCUT2D eigenvalue weighted by Crippen LogP contribution is 2.34. The second kappa shape index (κ2) is 5.64. The zero-order valence-corrected chi connectivity index (χ0v) is 12.6. The van der Waals surface area contributed by atoms with Crippen LogP contribution in [0.4, 0.5) is 11.4 Å². The van der Waals surface area contributed by atoms with E-state index >= 15 is 0 Å². The molecule has 1 atom stereocenters. The van der Waals surface area contributed by atoms with Crippen LogP contribution in [-0.4, -0.2) is 11.8 Å². The van der Waals surface area contributed by atoms with E-state index in [9.17, 15) is 9.59 Å². The van der Waals surface area contributed by atoms with E-state index in [4.69, 9.17) is 0 Å². The largest absolute Gasteiger partial charge is 0.326 e. The molecule has 2 aromatic rings. The number of carbonyl (C=O) groups is 2. The summed E-state index contributed by atoms with van der Waals surface area (Å²) in [7, 11) is 0. The molecule has 3 rings (SSSR count). The molecular weight excluding hydrogens is 276 g/mol. The summed E-state index contributed by atoms with van der Waals surface area (Å²) in [4.78, 5) is 24.4. The molecule has 2 amide bonds. The van der Waals surface area contributed by atoms with Gasteiger partial charge in [0, 0.05) is 17.8 Å². The van der Waals surface area contributed by atoms with Crippen LogP contribution in [0.1, 0.15) is 29.0 Å². The fourth-order valence-electron chi connectivity index (χ4n) is 2.87. The molecular formula is C18H18N2O2. The second-order valence-corrected chi connectivity index (χ2v) is 5.65. The van der Waals surface area contributed by atoms with Gasteiger partial charge in [-0.1, -0.05) is 36.4 Å². The zero-order valence-electron chi connectivity index (χ0n) is 12.6. The number of carbonyl (C=O) groups excluding carboxylic acids is 2. The highest BCUT2D eigenvalue weighted by molar-refractivity contribution is 6.06. The number of anilines is 2. The van der Waals surface area contributed by atoms with Crippen molar-refractivity contribution in [3.05, 3.63) is 59.2 Å². The van der Waals surface area contributed by atoms with Crippen molar-refractivity contribution in [2.75, 3.05) is 10.6 Å². The van der Waals surface area contributed by atoms with Gasteiger partial charge in [-0.3, -0.25) is 9.59 Å². The number of hydrogen-bond acceptors (Lipinski definition) is 2. The first-order valence-corrected chi connectivity index (χ1v) is 7.32. The van der Waals surface area contributed by atoms with Gasteiger partial charge in [0.25, 0.3) is 0 Å². The molecule has 112 valence electrons. The highest BCUT2D eigenvalue weighted by Gasteiger charge is 2.31. The van der Waals surface area contributed by atoms with E-state index in [-0.39, 0.29) is 18.2 Å². The van der Waals surface area contributed by atoms with E-state index in [0.29, 0.717) is 0 Å². The van der Waals surface area contributed by atoms with Crippen LogP contribution in [0.15, 0.2) is 42.5 Å². The standard InChI is InChI=1S/C18H18N2O2/c1-11-6-5-7-12(2)17(11)20-16(21)10-14-13-8-3-4-9-15(13)19-18(14)22/h3-9,14H,10H2,1-2H3,(H,19,22)(H,20,21). The van der Waals surface area contributed by atoms with Crippen molar-refractivity contribution in [1.29, 1.82) is 0 Å². The van der Waals surface area contributed by atoms with Gasteiger partial charge in [-0.2, -0.15) is 0 Å². The molecule has 0 aromatic heterocycles. The van der Waals surface area contributed by atoms with Crippen LogP contribution >= 0.6 is 0 Å². The Morgan fingerprint density at radius 2 is 1.77 bits per heavy atom. The third-order valence-electron chi connectivity index (χ3n) is 4.05. The van der Waals surface area contributed by atoms with Gasteiger partial charge in [0.15, 0.2) is 0 Å². The number of hydrogen-bond donors (Lipinski definition) is 2. The molecule has 0 saturated carbocycles. The Morgan fingerprint density at radius 1 is 1.09 bits per heavy atom. The van der Waals surface area contributed by atoms with Gasteiger partial charge in [0.05, 0.1) is 5.92 Å². The number of nitrogens with one attached hydrogen (secondary N) is 2. The van der Waals surface area contributed by atoms with E-state index in [1.807, 2.05) is 56.3 Å². The minimum atomic E-state index is -0.416. The van der Waals surface area contributed by atoms with Crippen molar-refractivity contribution in [3.8, 4) is 0 Å². The minimum Gasteiger partial charge on any atom is -0.326 e. The Kier molecular flexibility index (Phi) is 3.67. The Labute approximate surface area is 129 Å². The molecule has 0 saturated heterocycles. The minimum absolute atomic E-state index is 0.113. The average Bonchev–Trinajstić information content (AvgIpc) is 2.79. The summed E-state index contributed by atoms with van der Waals surface area (Å²) >= 11 is 0. The van der Waals surface area contributed by atoms with Crippen molar-refractivity contribution in [3.63, 3.8) is 0 Å². The monoisotopic (exact) mass is 294 g/mol. The van der Waals surface area contributed by atoms with Gasteiger partial charge in [0.2, 0.25) is 11.8 Å². The van der Waals surface area contributed by atoms with Crippen LogP contribution in [0.2, 0.25) is 0 Å². The summed E-state index contributed by atoms with van der Waals surface area (Å²) in [6.45, 7) is 3.92. The second-order valence-electron chi connectivity index (χ2n) is 5.65. The number of aryl methyl sites for hydroxylation is 2. The highest BCUT2D eigenvalue weighted by atomic mass is 16.2. The van der Waals surface area contributed by atoms with Gasteiger partial charge in [0.1, 0.15) is 0 Å². The van der Waals surface area contributed by atoms with Gasteiger partial charge in [-0.25, -0.2) is 0 Å². The first-order valence-electron chi connectivity index (χ1n) is 7.32. The molecule has 22 heavy (non-hydrogen) atoms. The summed E-state index contributed by atoms with van der Waals surface area (Å²) in [5.74, 6) is -0.673.